The number of nitrogens with zero attached hydrogens (tertiary/aromatic N) is 1. The van der Waals surface area contributed by atoms with Crippen molar-refractivity contribution in [3.8, 4) is 11.5 Å². The van der Waals surface area contributed by atoms with Gasteiger partial charge in [0.1, 0.15) is 11.5 Å². The van der Waals surface area contributed by atoms with Gasteiger partial charge in [0.15, 0.2) is 5.72 Å². The standard InChI is InChI=1S/C20H21NO4/c1-20-19-14(9-15(23-2)11-17(19)24-3)10-18(22)21(20)16(12-25-20)13-7-5-4-6-8-13/h4-9,11,16H,10,12H2,1-3H3/t16-,20-/m0/s1. The summed E-state index contributed by atoms with van der Waals surface area (Å²) in [7, 11) is 3.24. The van der Waals surface area contributed by atoms with Crippen molar-refractivity contribution in [3.63, 3.8) is 0 Å². The molecule has 2 aliphatic heterocycles. The second-order valence-electron chi connectivity index (χ2n) is 6.52. The van der Waals surface area contributed by atoms with Crippen molar-refractivity contribution in [2.24, 2.45) is 0 Å². The maximum atomic E-state index is 13.0. The average Bonchev–Trinajstić information content (AvgIpc) is 3.00. The fourth-order valence-corrected chi connectivity index (χ4v) is 4.05. The highest BCUT2D eigenvalue weighted by molar-refractivity contribution is 5.84. The van der Waals surface area contributed by atoms with Gasteiger partial charge in [0.25, 0.3) is 0 Å². The Balaban J connectivity index is 1.85. The Morgan fingerprint density at radius 1 is 1.16 bits per heavy atom. The van der Waals surface area contributed by atoms with Crippen molar-refractivity contribution in [2.75, 3.05) is 20.8 Å². The normalized spacial score (nSPS) is 24.7. The molecular formula is C20H21NO4. The van der Waals surface area contributed by atoms with Crippen molar-refractivity contribution in [1.82, 2.24) is 4.90 Å². The predicted molar refractivity (Wildman–Crippen MR) is 92.6 cm³/mol. The molecule has 2 aromatic carbocycles. The van der Waals surface area contributed by atoms with E-state index < -0.39 is 5.72 Å². The van der Waals surface area contributed by atoms with Crippen LogP contribution < -0.4 is 9.47 Å². The van der Waals surface area contributed by atoms with Gasteiger partial charge in [0.05, 0.1) is 38.9 Å². The number of amides is 1. The van der Waals surface area contributed by atoms with Crippen molar-refractivity contribution in [3.05, 3.63) is 59.2 Å². The zero-order chi connectivity index (χ0) is 17.6. The molecule has 0 unspecified atom stereocenters. The Bertz CT molecular complexity index is 820. The van der Waals surface area contributed by atoms with E-state index in [9.17, 15) is 4.79 Å². The Morgan fingerprint density at radius 2 is 1.92 bits per heavy atom. The minimum Gasteiger partial charge on any atom is -0.497 e. The van der Waals surface area contributed by atoms with Crippen LogP contribution in [0.4, 0.5) is 0 Å². The summed E-state index contributed by atoms with van der Waals surface area (Å²) in [6.07, 6.45) is 0.311. The highest BCUT2D eigenvalue weighted by Crippen LogP contribution is 2.51. The lowest BCUT2D eigenvalue weighted by molar-refractivity contribution is -0.153. The summed E-state index contributed by atoms with van der Waals surface area (Å²) in [5, 5.41) is 0. The molecule has 0 saturated carbocycles. The number of rotatable bonds is 3. The first kappa shape index (κ1) is 16.0. The fraction of sp³-hybridized carbons (Fsp3) is 0.350. The Hall–Kier alpha value is -2.53. The molecule has 0 spiro atoms. The zero-order valence-electron chi connectivity index (χ0n) is 14.6. The first-order chi connectivity index (χ1) is 12.1. The molecule has 4 rings (SSSR count). The van der Waals surface area contributed by atoms with Gasteiger partial charge in [-0.3, -0.25) is 4.79 Å². The first-order valence-corrected chi connectivity index (χ1v) is 8.35. The fourth-order valence-electron chi connectivity index (χ4n) is 4.05. The SMILES string of the molecule is COc1cc2c(c(OC)c1)[C@]1(C)OC[C@@H](c3ccccc3)N1C(=O)C2. The van der Waals surface area contributed by atoms with Crippen LogP contribution in [0, 0.1) is 0 Å². The first-order valence-electron chi connectivity index (χ1n) is 8.35. The highest BCUT2D eigenvalue weighted by Gasteiger charge is 2.53. The Morgan fingerprint density at radius 3 is 2.60 bits per heavy atom. The smallest absolute Gasteiger partial charge is 0.230 e. The van der Waals surface area contributed by atoms with Crippen LogP contribution in [0.2, 0.25) is 0 Å². The number of methoxy groups -OCH3 is 2. The van der Waals surface area contributed by atoms with E-state index in [1.54, 1.807) is 14.2 Å². The summed E-state index contributed by atoms with van der Waals surface area (Å²) in [5.41, 5.74) is 2.04. The lowest BCUT2D eigenvalue weighted by atomic mass is 9.88. The average molecular weight is 339 g/mol. The molecule has 2 atom stereocenters. The summed E-state index contributed by atoms with van der Waals surface area (Å²) < 4.78 is 17.2. The molecule has 25 heavy (non-hydrogen) atoms. The second-order valence-corrected chi connectivity index (χ2v) is 6.52. The van der Waals surface area contributed by atoms with E-state index in [1.165, 1.54) is 0 Å². The molecule has 2 aromatic rings. The zero-order valence-corrected chi connectivity index (χ0v) is 14.6. The maximum Gasteiger partial charge on any atom is 0.230 e. The van der Waals surface area contributed by atoms with Crippen LogP contribution in [-0.2, 0) is 21.7 Å². The van der Waals surface area contributed by atoms with Gasteiger partial charge in [0, 0.05) is 6.07 Å². The molecule has 5 nitrogen and oxygen atoms in total. The lowest BCUT2D eigenvalue weighted by Gasteiger charge is -2.42. The van der Waals surface area contributed by atoms with Crippen LogP contribution in [0.5, 0.6) is 11.5 Å². The molecule has 0 aromatic heterocycles. The van der Waals surface area contributed by atoms with Crippen LogP contribution in [0.25, 0.3) is 0 Å². The van der Waals surface area contributed by atoms with Crippen LogP contribution in [-0.4, -0.2) is 31.6 Å². The van der Waals surface area contributed by atoms with E-state index >= 15 is 0 Å². The molecule has 2 heterocycles. The van der Waals surface area contributed by atoms with Gasteiger partial charge in [0.2, 0.25) is 5.91 Å². The highest BCUT2D eigenvalue weighted by atomic mass is 16.5. The predicted octanol–water partition coefficient (Wildman–Crippen LogP) is 3.03. The monoisotopic (exact) mass is 339 g/mol. The van der Waals surface area contributed by atoms with Gasteiger partial charge in [-0.15, -0.1) is 0 Å². The largest absolute Gasteiger partial charge is 0.497 e. The van der Waals surface area contributed by atoms with E-state index in [4.69, 9.17) is 14.2 Å². The summed E-state index contributed by atoms with van der Waals surface area (Å²) in [5.74, 6) is 1.41. The number of hydrogen-bond acceptors (Lipinski definition) is 4. The van der Waals surface area contributed by atoms with Crippen molar-refractivity contribution in [2.45, 2.75) is 25.1 Å². The van der Waals surface area contributed by atoms with E-state index in [0.29, 0.717) is 24.5 Å². The van der Waals surface area contributed by atoms with Crippen molar-refractivity contribution >= 4 is 5.91 Å². The molecule has 1 saturated heterocycles. The molecule has 0 radical (unpaired) electrons. The van der Waals surface area contributed by atoms with Crippen LogP contribution in [0.3, 0.4) is 0 Å². The quantitative estimate of drug-likeness (QED) is 0.862. The molecule has 0 bridgehead atoms. The molecule has 1 amide bonds. The summed E-state index contributed by atoms with van der Waals surface area (Å²) in [6.45, 7) is 2.40. The topological polar surface area (TPSA) is 48.0 Å². The summed E-state index contributed by atoms with van der Waals surface area (Å²) >= 11 is 0. The molecule has 1 fully saturated rings. The number of carbonyl (C=O) groups is 1. The third kappa shape index (κ3) is 2.30. The minimum atomic E-state index is -0.844. The minimum absolute atomic E-state index is 0.0525. The molecular weight excluding hydrogens is 318 g/mol. The maximum absolute atomic E-state index is 13.0. The number of hydrogen-bond donors (Lipinski definition) is 0. The molecule has 2 aliphatic rings. The van der Waals surface area contributed by atoms with E-state index in [-0.39, 0.29) is 11.9 Å². The number of carbonyl (C=O) groups excluding carboxylic acids is 1. The van der Waals surface area contributed by atoms with E-state index in [0.717, 1.165) is 16.7 Å². The third-order valence-electron chi connectivity index (χ3n) is 5.17. The Kier molecular flexibility index (Phi) is 3.69. The van der Waals surface area contributed by atoms with E-state index in [1.807, 2.05) is 54.3 Å². The summed E-state index contributed by atoms with van der Waals surface area (Å²) in [4.78, 5) is 14.9. The lowest BCUT2D eigenvalue weighted by Crippen LogP contribution is -2.49. The van der Waals surface area contributed by atoms with E-state index in [2.05, 4.69) is 0 Å². The van der Waals surface area contributed by atoms with Crippen molar-refractivity contribution < 1.29 is 19.0 Å². The Labute approximate surface area is 147 Å². The van der Waals surface area contributed by atoms with Gasteiger partial charge in [-0.1, -0.05) is 30.3 Å². The molecule has 130 valence electrons. The van der Waals surface area contributed by atoms with Gasteiger partial charge in [-0.25, -0.2) is 0 Å². The molecule has 0 N–H and O–H groups in total. The van der Waals surface area contributed by atoms with Crippen molar-refractivity contribution in [1.29, 1.82) is 0 Å². The number of benzene rings is 2. The second kappa shape index (κ2) is 5.77. The van der Waals surface area contributed by atoms with Crippen LogP contribution in [0.15, 0.2) is 42.5 Å². The van der Waals surface area contributed by atoms with Gasteiger partial charge >= 0.3 is 0 Å². The molecule has 0 aliphatic carbocycles. The number of ether oxygens (including phenoxy) is 3. The van der Waals surface area contributed by atoms with Crippen LogP contribution >= 0.6 is 0 Å². The third-order valence-corrected chi connectivity index (χ3v) is 5.17. The van der Waals surface area contributed by atoms with Gasteiger partial charge in [-0.2, -0.15) is 0 Å². The van der Waals surface area contributed by atoms with Gasteiger partial charge in [-0.05, 0) is 24.1 Å². The number of fused-ring (bicyclic) bond motifs is 3. The summed E-state index contributed by atoms with van der Waals surface area (Å²) in [6, 6.07) is 13.7. The van der Waals surface area contributed by atoms with Crippen LogP contribution in [0.1, 0.15) is 29.7 Å². The van der Waals surface area contributed by atoms with Gasteiger partial charge < -0.3 is 19.1 Å². The molecule has 5 heteroatoms.